The number of allylic oxidation sites excluding steroid dienone is 1. The lowest BCUT2D eigenvalue weighted by molar-refractivity contribution is 0.0692. The molecule has 1 atom stereocenters. The molecule has 1 aliphatic carbocycles. The summed E-state index contributed by atoms with van der Waals surface area (Å²) in [6.45, 7) is 0. The van der Waals surface area contributed by atoms with Gasteiger partial charge in [-0.1, -0.05) is 54.6 Å². The summed E-state index contributed by atoms with van der Waals surface area (Å²) >= 11 is 0. The maximum atomic E-state index is 11.5. The summed E-state index contributed by atoms with van der Waals surface area (Å²) in [5.41, 5.74) is 8.34. The largest absolute Gasteiger partial charge is 0.478 e. The monoisotopic (exact) mass is 329 g/mol. The number of carbonyl (C=O) groups is 2. The van der Waals surface area contributed by atoms with Crippen LogP contribution in [0.15, 0.2) is 60.7 Å². The third-order valence-electron chi connectivity index (χ3n) is 4.67. The first-order chi connectivity index (χ1) is 12.1. The SMILES string of the molecule is NC(=O)c1ccc(C2C=Cc3cccc4cccc2c34)cc1C(=O)O. The number of carbonyl (C=O) groups excluding carboxylic acids is 1. The van der Waals surface area contributed by atoms with E-state index in [4.69, 9.17) is 5.73 Å². The molecule has 4 rings (SSSR count). The van der Waals surface area contributed by atoms with Crippen molar-refractivity contribution in [3.05, 3.63) is 88.5 Å². The number of carboxylic acid groups (broad SMARTS) is 1. The third kappa shape index (κ3) is 2.39. The normalized spacial score (nSPS) is 15.3. The van der Waals surface area contributed by atoms with Crippen LogP contribution < -0.4 is 5.73 Å². The molecule has 1 unspecified atom stereocenters. The number of nitrogens with two attached hydrogens (primary N) is 1. The number of benzene rings is 3. The van der Waals surface area contributed by atoms with Gasteiger partial charge >= 0.3 is 5.97 Å². The van der Waals surface area contributed by atoms with E-state index in [9.17, 15) is 14.7 Å². The van der Waals surface area contributed by atoms with Gasteiger partial charge in [-0.2, -0.15) is 0 Å². The van der Waals surface area contributed by atoms with Gasteiger partial charge in [0.15, 0.2) is 0 Å². The third-order valence-corrected chi connectivity index (χ3v) is 4.67. The number of hydrogen-bond acceptors (Lipinski definition) is 2. The van der Waals surface area contributed by atoms with Gasteiger partial charge in [-0.25, -0.2) is 4.79 Å². The fraction of sp³-hybridized carbons (Fsp3) is 0.0476. The summed E-state index contributed by atoms with van der Waals surface area (Å²) in [6, 6.07) is 17.1. The molecular weight excluding hydrogens is 314 g/mol. The molecule has 4 nitrogen and oxygen atoms in total. The number of carboxylic acids is 1. The summed E-state index contributed by atoms with van der Waals surface area (Å²) in [6.07, 6.45) is 4.12. The van der Waals surface area contributed by atoms with Gasteiger partial charge in [0.1, 0.15) is 0 Å². The van der Waals surface area contributed by atoms with Crippen LogP contribution in [0.5, 0.6) is 0 Å². The minimum absolute atomic E-state index is 0.0228. The van der Waals surface area contributed by atoms with Crippen molar-refractivity contribution in [3.8, 4) is 0 Å². The zero-order chi connectivity index (χ0) is 17.6. The standard InChI is InChI=1S/C21H15NO3/c22-20(23)17-10-8-14(11-18(17)21(24)25)15-9-7-13-4-1-3-12-5-2-6-16(15)19(12)13/h1-11,15H,(H2,22,23)(H,24,25). The molecule has 1 aliphatic rings. The second-order valence-electron chi connectivity index (χ2n) is 6.10. The minimum Gasteiger partial charge on any atom is -0.478 e. The Balaban J connectivity index is 1.91. The lowest BCUT2D eigenvalue weighted by Gasteiger charge is -2.22. The predicted octanol–water partition coefficient (Wildman–Crippen LogP) is 3.80. The fourth-order valence-electron chi connectivity index (χ4n) is 3.54. The van der Waals surface area contributed by atoms with Crippen molar-refractivity contribution in [1.29, 1.82) is 0 Å². The van der Waals surface area contributed by atoms with Gasteiger partial charge in [0.2, 0.25) is 5.91 Å². The minimum atomic E-state index is -1.16. The van der Waals surface area contributed by atoms with Gasteiger partial charge < -0.3 is 10.8 Å². The molecule has 122 valence electrons. The molecule has 25 heavy (non-hydrogen) atoms. The molecule has 3 aromatic carbocycles. The van der Waals surface area contributed by atoms with E-state index in [1.165, 1.54) is 11.5 Å². The van der Waals surface area contributed by atoms with Crippen LogP contribution in [-0.4, -0.2) is 17.0 Å². The number of rotatable bonds is 3. The first-order valence-electron chi connectivity index (χ1n) is 7.93. The molecule has 4 heteroatoms. The van der Waals surface area contributed by atoms with Gasteiger partial charge in [-0.15, -0.1) is 0 Å². The molecule has 0 aliphatic heterocycles. The molecule has 0 spiro atoms. The Hall–Kier alpha value is -3.40. The van der Waals surface area contributed by atoms with Crippen molar-refractivity contribution in [3.63, 3.8) is 0 Å². The van der Waals surface area contributed by atoms with Crippen LogP contribution in [0.1, 0.15) is 43.3 Å². The number of amides is 1. The summed E-state index contributed by atoms with van der Waals surface area (Å²) in [5.74, 6) is -1.97. The first-order valence-corrected chi connectivity index (χ1v) is 7.93. The zero-order valence-corrected chi connectivity index (χ0v) is 13.3. The Bertz CT molecular complexity index is 1060. The maximum absolute atomic E-state index is 11.5. The Morgan fingerprint density at radius 1 is 0.960 bits per heavy atom. The van der Waals surface area contributed by atoms with E-state index in [-0.39, 0.29) is 17.0 Å². The number of primary amides is 1. The Morgan fingerprint density at radius 2 is 1.72 bits per heavy atom. The van der Waals surface area contributed by atoms with Gasteiger partial charge in [0, 0.05) is 5.92 Å². The summed E-state index contributed by atoms with van der Waals surface area (Å²) in [4.78, 5) is 23.0. The lowest BCUT2D eigenvalue weighted by atomic mass is 9.81. The molecule has 0 fully saturated rings. The molecular formula is C21H15NO3. The van der Waals surface area contributed by atoms with E-state index < -0.39 is 11.9 Å². The van der Waals surface area contributed by atoms with E-state index >= 15 is 0 Å². The Labute approximate surface area is 144 Å². The van der Waals surface area contributed by atoms with Crippen LogP contribution in [0.4, 0.5) is 0 Å². The van der Waals surface area contributed by atoms with E-state index in [2.05, 4.69) is 36.4 Å². The summed E-state index contributed by atoms with van der Waals surface area (Å²) in [7, 11) is 0. The molecule has 3 N–H and O–H groups in total. The topological polar surface area (TPSA) is 80.4 Å². The van der Waals surface area contributed by atoms with Crippen molar-refractivity contribution in [2.45, 2.75) is 5.92 Å². The predicted molar refractivity (Wildman–Crippen MR) is 96.7 cm³/mol. The first kappa shape index (κ1) is 15.1. The number of hydrogen-bond donors (Lipinski definition) is 2. The molecule has 0 radical (unpaired) electrons. The second-order valence-corrected chi connectivity index (χ2v) is 6.10. The van der Waals surface area contributed by atoms with Gasteiger partial charge in [-0.3, -0.25) is 4.79 Å². The molecule has 0 heterocycles. The number of aromatic carboxylic acids is 1. The van der Waals surface area contributed by atoms with Crippen molar-refractivity contribution in [2.24, 2.45) is 5.73 Å². The fourth-order valence-corrected chi connectivity index (χ4v) is 3.54. The Kier molecular flexibility index (Phi) is 3.39. The molecule has 0 saturated carbocycles. The molecule has 0 bridgehead atoms. The summed E-state index contributed by atoms with van der Waals surface area (Å²) in [5, 5.41) is 11.7. The van der Waals surface area contributed by atoms with E-state index in [0.717, 1.165) is 22.1 Å². The molecule has 0 aromatic heterocycles. The highest BCUT2D eigenvalue weighted by Crippen LogP contribution is 2.38. The van der Waals surface area contributed by atoms with E-state index in [0.29, 0.717) is 0 Å². The van der Waals surface area contributed by atoms with Gasteiger partial charge in [0.05, 0.1) is 11.1 Å². The van der Waals surface area contributed by atoms with Crippen molar-refractivity contribution in [2.75, 3.05) is 0 Å². The highest BCUT2D eigenvalue weighted by molar-refractivity contribution is 6.04. The van der Waals surface area contributed by atoms with Gasteiger partial charge in [0.25, 0.3) is 0 Å². The molecule has 3 aromatic rings. The zero-order valence-electron chi connectivity index (χ0n) is 13.3. The highest BCUT2D eigenvalue weighted by Gasteiger charge is 2.22. The Morgan fingerprint density at radius 3 is 2.44 bits per heavy atom. The van der Waals surface area contributed by atoms with Crippen molar-refractivity contribution in [1.82, 2.24) is 0 Å². The summed E-state index contributed by atoms with van der Waals surface area (Å²) < 4.78 is 0. The smallest absolute Gasteiger partial charge is 0.336 e. The van der Waals surface area contributed by atoms with Crippen LogP contribution in [0.3, 0.4) is 0 Å². The van der Waals surface area contributed by atoms with Crippen LogP contribution in [0.25, 0.3) is 16.8 Å². The quantitative estimate of drug-likeness (QED) is 0.767. The van der Waals surface area contributed by atoms with Crippen molar-refractivity contribution < 1.29 is 14.7 Å². The van der Waals surface area contributed by atoms with Crippen molar-refractivity contribution >= 4 is 28.7 Å². The van der Waals surface area contributed by atoms with Crippen LogP contribution in [0.2, 0.25) is 0 Å². The maximum Gasteiger partial charge on any atom is 0.336 e. The van der Waals surface area contributed by atoms with Crippen LogP contribution >= 0.6 is 0 Å². The van der Waals surface area contributed by atoms with Crippen LogP contribution in [-0.2, 0) is 0 Å². The van der Waals surface area contributed by atoms with Crippen LogP contribution in [0, 0.1) is 0 Å². The van der Waals surface area contributed by atoms with E-state index in [1.54, 1.807) is 12.1 Å². The highest BCUT2D eigenvalue weighted by atomic mass is 16.4. The van der Waals surface area contributed by atoms with Gasteiger partial charge in [-0.05, 0) is 39.6 Å². The van der Waals surface area contributed by atoms with E-state index in [1.807, 2.05) is 12.1 Å². The lowest BCUT2D eigenvalue weighted by Crippen LogP contribution is -2.17. The molecule has 0 saturated heterocycles. The molecule has 1 amide bonds. The average Bonchev–Trinajstić information content (AvgIpc) is 2.62. The average molecular weight is 329 g/mol. The second kappa shape index (κ2) is 5.60.